The highest BCUT2D eigenvalue weighted by Gasteiger charge is 2.46. The number of hydrogen-bond acceptors (Lipinski definition) is 4. The zero-order valence-corrected chi connectivity index (χ0v) is 16.5. The van der Waals surface area contributed by atoms with E-state index in [9.17, 15) is 14.7 Å². The second kappa shape index (κ2) is 7.78. The molecular weight excluding hydrogens is 413 g/mol. The summed E-state index contributed by atoms with van der Waals surface area (Å²) in [6.45, 7) is 0.0635. The number of halogens is 2. The Morgan fingerprint density at radius 3 is 2.41 bits per heavy atom. The van der Waals surface area contributed by atoms with Crippen LogP contribution in [0.2, 0.25) is 10.0 Å². The number of carbonyl (C=O) groups excluding carboxylic acids is 2. The molecule has 3 aromatic rings. The van der Waals surface area contributed by atoms with Gasteiger partial charge in [-0.3, -0.25) is 9.59 Å². The van der Waals surface area contributed by atoms with Crippen molar-refractivity contribution in [3.05, 3.63) is 99.4 Å². The molecule has 1 N–H and O–H groups in total. The Balaban J connectivity index is 1.89. The molecule has 2 heterocycles. The number of nitrogens with zero attached hydrogens (tertiary/aromatic N) is 1. The maximum Gasteiger partial charge on any atom is 0.296 e. The van der Waals surface area contributed by atoms with Gasteiger partial charge in [-0.1, -0.05) is 59.6 Å². The van der Waals surface area contributed by atoms with Crippen LogP contribution in [0, 0.1) is 0 Å². The number of rotatable bonds is 4. The number of aliphatic hydroxyl groups is 1. The van der Waals surface area contributed by atoms with Crippen LogP contribution in [-0.4, -0.2) is 21.7 Å². The summed E-state index contributed by atoms with van der Waals surface area (Å²) in [5.74, 6) is -1.23. The van der Waals surface area contributed by atoms with Gasteiger partial charge in [-0.25, -0.2) is 0 Å². The maximum absolute atomic E-state index is 12.9. The highest BCUT2D eigenvalue weighted by Crippen LogP contribution is 2.41. The Bertz CT molecular complexity index is 1110. The predicted molar refractivity (Wildman–Crippen MR) is 109 cm³/mol. The molecule has 0 bridgehead atoms. The Morgan fingerprint density at radius 1 is 1.00 bits per heavy atom. The first kappa shape index (κ1) is 19.3. The fraction of sp³-hybridized carbons (Fsp3) is 0.0909. The third-order valence-corrected chi connectivity index (χ3v) is 5.49. The lowest BCUT2D eigenvalue weighted by atomic mass is 9.95. The van der Waals surface area contributed by atoms with E-state index in [1.54, 1.807) is 60.7 Å². The molecule has 5 nitrogen and oxygen atoms in total. The van der Waals surface area contributed by atoms with Gasteiger partial charge >= 0.3 is 0 Å². The van der Waals surface area contributed by atoms with Crippen molar-refractivity contribution in [3.8, 4) is 0 Å². The molecule has 0 radical (unpaired) electrons. The van der Waals surface area contributed by atoms with Gasteiger partial charge in [0.15, 0.2) is 0 Å². The molecule has 2 aromatic carbocycles. The number of likely N-dealkylation sites (tertiary alicyclic amines) is 1. The van der Waals surface area contributed by atoms with E-state index in [2.05, 4.69) is 0 Å². The minimum atomic E-state index is -0.838. The molecule has 1 amide bonds. The number of benzene rings is 2. The molecule has 1 aliphatic rings. The Morgan fingerprint density at radius 2 is 1.76 bits per heavy atom. The standard InChI is InChI=1S/C22H15Cl2NO4/c23-16-9-8-14(11-17(16)24)19-18(20(26)13-5-2-1-3-6-13)21(27)22(28)25(19)12-15-7-4-10-29-15/h1-11,19,26H,12H2/b20-18+. The average Bonchev–Trinajstić information content (AvgIpc) is 3.33. The molecule has 0 saturated carbocycles. The van der Waals surface area contributed by atoms with E-state index in [1.807, 2.05) is 0 Å². The summed E-state index contributed by atoms with van der Waals surface area (Å²) in [5.41, 5.74) is 0.988. The van der Waals surface area contributed by atoms with E-state index < -0.39 is 17.7 Å². The van der Waals surface area contributed by atoms with Gasteiger partial charge in [0.1, 0.15) is 11.5 Å². The second-order valence-corrected chi connectivity index (χ2v) is 7.36. The van der Waals surface area contributed by atoms with E-state index in [4.69, 9.17) is 27.6 Å². The van der Waals surface area contributed by atoms with Gasteiger partial charge < -0.3 is 14.4 Å². The lowest BCUT2D eigenvalue weighted by molar-refractivity contribution is -0.140. The lowest BCUT2D eigenvalue weighted by Crippen LogP contribution is -2.29. The Labute approximate surface area is 176 Å². The Kier molecular flexibility index (Phi) is 5.18. The lowest BCUT2D eigenvalue weighted by Gasteiger charge is -2.24. The van der Waals surface area contributed by atoms with Crippen molar-refractivity contribution >= 4 is 40.7 Å². The number of furan rings is 1. The number of carbonyl (C=O) groups is 2. The fourth-order valence-corrected chi connectivity index (χ4v) is 3.70. The SMILES string of the molecule is O=C1C(=O)N(Cc2ccco2)C(c2ccc(Cl)c(Cl)c2)/C1=C(\O)c1ccccc1. The maximum atomic E-state index is 12.9. The predicted octanol–water partition coefficient (Wildman–Crippen LogP) is 5.21. The van der Waals surface area contributed by atoms with Crippen LogP contribution in [0.1, 0.15) is 22.9 Å². The van der Waals surface area contributed by atoms with Crippen LogP contribution in [-0.2, 0) is 16.1 Å². The fourth-order valence-electron chi connectivity index (χ4n) is 3.39. The molecule has 0 aliphatic carbocycles. The summed E-state index contributed by atoms with van der Waals surface area (Å²) in [7, 11) is 0. The molecule has 1 unspecified atom stereocenters. The topological polar surface area (TPSA) is 70.8 Å². The van der Waals surface area contributed by atoms with Crippen molar-refractivity contribution in [3.63, 3.8) is 0 Å². The molecule has 1 fully saturated rings. The average molecular weight is 428 g/mol. The zero-order valence-electron chi connectivity index (χ0n) is 15.0. The van der Waals surface area contributed by atoms with Gasteiger partial charge in [-0.2, -0.15) is 0 Å². The second-order valence-electron chi connectivity index (χ2n) is 6.55. The third-order valence-electron chi connectivity index (χ3n) is 4.75. The normalized spacial score (nSPS) is 18.4. The van der Waals surface area contributed by atoms with Crippen LogP contribution in [0.4, 0.5) is 0 Å². The number of aliphatic hydroxyl groups excluding tert-OH is 1. The molecule has 146 valence electrons. The Hall–Kier alpha value is -3.02. The van der Waals surface area contributed by atoms with E-state index in [1.165, 1.54) is 11.2 Å². The van der Waals surface area contributed by atoms with Crippen molar-refractivity contribution in [2.75, 3.05) is 0 Å². The van der Waals surface area contributed by atoms with Crippen molar-refractivity contribution in [2.45, 2.75) is 12.6 Å². The highest BCUT2D eigenvalue weighted by atomic mass is 35.5. The molecule has 1 aromatic heterocycles. The van der Waals surface area contributed by atoms with Crippen LogP contribution in [0.25, 0.3) is 5.76 Å². The van der Waals surface area contributed by atoms with Gasteiger partial charge in [-0.15, -0.1) is 0 Å². The van der Waals surface area contributed by atoms with Crippen molar-refractivity contribution in [2.24, 2.45) is 0 Å². The molecule has 0 spiro atoms. The molecule has 1 atom stereocenters. The van der Waals surface area contributed by atoms with Crippen LogP contribution < -0.4 is 0 Å². The third kappa shape index (κ3) is 3.55. The van der Waals surface area contributed by atoms with Gasteiger partial charge in [0, 0.05) is 5.56 Å². The molecule has 29 heavy (non-hydrogen) atoms. The molecular formula is C22H15Cl2NO4. The zero-order chi connectivity index (χ0) is 20.5. The first-order valence-electron chi connectivity index (χ1n) is 8.78. The minimum absolute atomic E-state index is 0.00820. The van der Waals surface area contributed by atoms with E-state index in [-0.39, 0.29) is 22.9 Å². The summed E-state index contributed by atoms with van der Waals surface area (Å²) in [5, 5.41) is 11.5. The van der Waals surface area contributed by atoms with Crippen molar-refractivity contribution in [1.82, 2.24) is 4.90 Å². The monoisotopic (exact) mass is 427 g/mol. The van der Waals surface area contributed by atoms with Crippen LogP contribution >= 0.6 is 23.2 Å². The van der Waals surface area contributed by atoms with Crippen LogP contribution in [0.5, 0.6) is 0 Å². The van der Waals surface area contributed by atoms with Crippen molar-refractivity contribution < 1.29 is 19.1 Å². The first-order chi connectivity index (χ1) is 14.0. The van der Waals surface area contributed by atoms with Crippen LogP contribution in [0.15, 0.2) is 76.9 Å². The number of hydrogen-bond donors (Lipinski definition) is 1. The van der Waals surface area contributed by atoms with E-state index >= 15 is 0 Å². The molecule has 1 aliphatic heterocycles. The minimum Gasteiger partial charge on any atom is -0.507 e. The summed E-state index contributed by atoms with van der Waals surface area (Å²) in [4.78, 5) is 27.1. The number of ketones is 1. The number of amides is 1. The summed E-state index contributed by atoms with van der Waals surface area (Å²) in [6, 6.07) is 16.0. The summed E-state index contributed by atoms with van der Waals surface area (Å²) < 4.78 is 5.36. The van der Waals surface area contributed by atoms with Gasteiger partial charge in [-0.05, 0) is 29.8 Å². The van der Waals surface area contributed by atoms with Gasteiger partial charge in [0.25, 0.3) is 11.7 Å². The molecule has 7 heteroatoms. The first-order valence-corrected chi connectivity index (χ1v) is 9.54. The largest absolute Gasteiger partial charge is 0.507 e. The highest BCUT2D eigenvalue weighted by molar-refractivity contribution is 6.46. The van der Waals surface area contributed by atoms with Gasteiger partial charge in [0.05, 0.1) is 34.5 Å². The number of Topliss-reactive ketones (excluding diaryl/α,β-unsaturated/α-hetero) is 1. The summed E-state index contributed by atoms with van der Waals surface area (Å²) >= 11 is 12.2. The van der Waals surface area contributed by atoms with E-state index in [0.717, 1.165) is 0 Å². The quantitative estimate of drug-likeness (QED) is 0.352. The molecule has 1 saturated heterocycles. The van der Waals surface area contributed by atoms with E-state index in [0.29, 0.717) is 21.9 Å². The van der Waals surface area contributed by atoms with Crippen molar-refractivity contribution in [1.29, 1.82) is 0 Å². The molecule has 4 rings (SSSR count). The smallest absolute Gasteiger partial charge is 0.296 e. The van der Waals surface area contributed by atoms with Crippen LogP contribution in [0.3, 0.4) is 0 Å². The van der Waals surface area contributed by atoms with Gasteiger partial charge in [0.2, 0.25) is 0 Å². The summed E-state index contributed by atoms with van der Waals surface area (Å²) in [6.07, 6.45) is 1.49.